The smallest absolute Gasteiger partial charge is 0.338 e. The van der Waals surface area contributed by atoms with E-state index in [1.807, 2.05) is 0 Å². The first-order chi connectivity index (χ1) is 9.17. The van der Waals surface area contributed by atoms with Crippen LogP contribution in [-0.4, -0.2) is 35.9 Å². The van der Waals surface area contributed by atoms with Crippen LogP contribution in [0.25, 0.3) is 0 Å². The number of hydrogen-bond donors (Lipinski definition) is 3. The fourth-order valence-corrected chi connectivity index (χ4v) is 1.52. The number of unbranched alkanes of at least 4 members (excludes halogenated alkanes) is 3. The van der Waals surface area contributed by atoms with Gasteiger partial charge in [0, 0.05) is 12.7 Å². The maximum absolute atomic E-state index is 11.7. The molecule has 0 aliphatic carbocycles. The monoisotopic (exact) mass is 255 g/mol. The number of aromatic hydroxyl groups is 2. The van der Waals surface area contributed by atoms with Crippen molar-refractivity contribution < 1.29 is 24.9 Å². The minimum atomic E-state index is -0.559. The lowest BCUT2D eigenvalue weighted by Crippen LogP contribution is -2.06. The molecule has 1 aromatic carbocycles. The van der Waals surface area contributed by atoms with Crippen molar-refractivity contribution in [2.24, 2.45) is 0 Å². The van der Waals surface area contributed by atoms with Crippen LogP contribution in [0.1, 0.15) is 36.0 Å². The highest BCUT2D eigenvalue weighted by Gasteiger charge is 2.09. The van der Waals surface area contributed by atoms with Gasteiger partial charge in [-0.05, 0) is 31.4 Å². The quantitative estimate of drug-likeness (QED) is 0.487. The SMILES string of the molecule is [2H]Oc1cc(O)cc(C(=O)OCCCCCCO)c1. The van der Waals surface area contributed by atoms with Gasteiger partial charge in [-0.1, -0.05) is 6.42 Å². The van der Waals surface area contributed by atoms with Gasteiger partial charge in [0.05, 0.1) is 12.2 Å². The number of benzene rings is 1. The summed E-state index contributed by atoms with van der Waals surface area (Å²) in [6.45, 7) is 0.468. The van der Waals surface area contributed by atoms with Crippen LogP contribution in [0.4, 0.5) is 0 Å². The molecule has 5 heteroatoms. The lowest BCUT2D eigenvalue weighted by atomic mass is 10.2. The molecule has 1 rings (SSSR count). The Hall–Kier alpha value is -1.75. The Morgan fingerprint density at radius 1 is 1.17 bits per heavy atom. The topological polar surface area (TPSA) is 87.0 Å². The first-order valence-electron chi connectivity index (χ1n) is 6.33. The molecule has 0 fully saturated rings. The molecule has 100 valence electrons. The van der Waals surface area contributed by atoms with E-state index in [1.165, 1.54) is 18.2 Å². The largest absolute Gasteiger partial charge is 0.508 e. The summed E-state index contributed by atoms with van der Waals surface area (Å²) in [5.74, 6) is -0.633. The molecule has 0 saturated heterocycles. The summed E-state index contributed by atoms with van der Waals surface area (Å²) < 4.78 is 11.8. The van der Waals surface area contributed by atoms with Gasteiger partial charge in [0.25, 0.3) is 1.43 Å². The van der Waals surface area contributed by atoms with Crippen molar-refractivity contribution in [3.8, 4) is 11.5 Å². The van der Waals surface area contributed by atoms with Crippen LogP contribution < -0.4 is 0 Å². The molecule has 0 spiro atoms. The van der Waals surface area contributed by atoms with E-state index in [-0.39, 0.29) is 30.3 Å². The van der Waals surface area contributed by atoms with Crippen LogP contribution >= 0.6 is 0 Å². The molecule has 5 nitrogen and oxygen atoms in total. The predicted octanol–water partition coefficient (Wildman–Crippen LogP) is 1.81. The van der Waals surface area contributed by atoms with Crippen molar-refractivity contribution in [3.63, 3.8) is 0 Å². The average molecular weight is 255 g/mol. The minimum absolute atomic E-state index is 0.0786. The fourth-order valence-electron chi connectivity index (χ4n) is 1.52. The molecule has 0 unspecified atom stereocenters. The third-order valence-corrected chi connectivity index (χ3v) is 2.41. The molecule has 3 N–H and O–H groups in total. The van der Waals surface area contributed by atoms with E-state index in [0.29, 0.717) is 0 Å². The molecule has 0 aliphatic heterocycles. The van der Waals surface area contributed by atoms with Crippen LogP contribution in [0.5, 0.6) is 11.5 Å². The Morgan fingerprint density at radius 2 is 1.89 bits per heavy atom. The fraction of sp³-hybridized carbons (Fsp3) is 0.462. The van der Waals surface area contributed by atoms with Gasteiger partial charge in [-0.3, -0.25) is 0 Å². The second-order valence-electron chi connectivity index (χ2n) is 3.99. The first-order valence-corrected chi connectivity index (χ1v) is 5.92. The maximum atomic E-state index is 11.7. The van der Waals surface area contributed by atoms with Crippen molar-refractivity contribution >= 4 is 5.97 Å². The number of phenolic OH excluding ortho intramolecular Hbond substituents is 2. The Bertz CT molecular complexity index is 408. The third-order valence-electron chi connectivity index (χ3n) is 2.41. The lowest BCUT2D eigenvalue weighted by molar-refractivity contribution is 0.0496. The summed E-state index contributed by atoms with van der Waals surface area (Å²) in [6.07, 6.45) is 3.27. The zero-order chi connectivity index (χ0) is 14.1. The van der Waals surface area contributed by atoms with E-state index >= 15 is 0 Å². The molecule has 0 atom stereocenters. The lowest BCUT2D eigenvalue weighted by Gasteiger charge is -2.05. The van der Waals surface area contributed by atoms with Gasteiger partial charge in [0.15, 0.2) is 0 Å². The van der Waals surface area contributed by atoms with E-state index < -0.39 is 5.97 Å². The van der Waals surface area contributed by atoms with Crippen molar-refractivity contribution in [2.45, 2.75) is 25.7 Å². The second kappa shape index (κ2) is 7.55. The number of esters is 1. The van der Waals surface area contributed by atoms with Gasteiger partial charge in [-0.15, -0.1) is 0 Å². The molecule has 18 heavy (non-hydrogen) atoms. The normalized spacial score (nSPS) is 10.8. The summed E-state index contributed by atoms with van der Waals surface area (Å²) in [4.78, 5) is 11.7. The number of carbonyl (C=O) groups excluding carboxylic acids is 1. The summed E-state index contributed by atoms with van der Waals surface area (Å²) in [5.41, 5.74) is 0.151. The zero-order valence-corrected chi connectivity index (χ0v) is 10.1. The van der Waals surface area contributed by atoms with Gasteiger partial charge < -0.3 is 20.1 Å². The molecule has 0 amide bonds. The van der Waals surface area contributed by atoms with Gasteiger partial charge >= 0.3 is 5.97 Å². The van der Waals surface area contributed by atoms with E-state index in [4.69, 9.17) is 11.3 Å². The molecule has 0 saturated carbocycles. The molecule has 0 radical (unpaired) electrons. The summed E-state index contributed by atoms with van der Waals surface area (Å²) in [6, 6.07) is 3.83. The van der Waals surface area contributed by atoms with Crippen LogP contribution in [0.3, 0.4) is 0 Å². The number of rotatable bonds is 8. The summed E-state index contributed by atoms with van der Waals surface area (Å²) >= 11 is 0. The first kappa shape index (κ1) is 12.7. The number of hydrogen-bond acceptors (Lipinski definition) is 5. The van der Waals surface area contributed by atoms with Crippen molar-refractivity contribution in [1.82, 2.24) is 0 Å². The van der Waals surface area contributed by atoms with Crippen LogP contribution in [0, 0.1) is 0 Å². The van der Waals surface area contributed by atoms with E-state index in [1.54, 1.807) is 0 Å². The summed E-state index contributed by atoms with van der Waals surface area (Å²) in [5, 5.41) is 22.2. The molecular formula is C13H18O5. The highest BCUT2D eigenvalue weighted by molar-refractivity contribution is 5.90. The van der Waals surface area contributed by atoms with E-state index in [0.717, 1.165) is 25.7 Å². The molecule has 1 aromatic rings. The highest BCUT2D eigenvalue weighted by Crippen LogP contribution is 2.20. The predicted molar refractivity (Wildman–Crippen MR) is 65.6 cm³/mol. The van der Waals surface area contributed by atoms with Gasteiger partial charge in [0.2, 0.25) is 0 Å². The Labute approximate surface area is 107 Å². The molecule has 0 bridgehead atoms. The molecule has 0 aliphatic rings. The van der Waals surface area contributed by atoms with E-state index in [9.17, 15) is 9.90 Å². The van der Waals surface area contributed by atoms with Crippen LogP contribution in [-0.2, 0) is 4.74 Å². The molecule has 0 heterocycles. The Balaban J connectivity index is 2.39. The Kier molecular flexibility index (Phi) is 5.33. The van der Waals surface area contributed by atoms with Crippen molar-refractivity contribution in [1.29, 1.82) is 1.43 Å². The van der Waals surface area contributed by atoms with Crippen LogP contribution in [0.15, 0.2) is 18.2 Å². The van der Waals surface area contributed by atoms with E-state index in [2.05, 4.69) is 5.11 Å². The van der Waals surface area contributed by atoms with Gasteiger partial charge in [-0.25, -0.2) is 4.79 Å². The van der Waals surface area contributed by atoms with Gasteiger partial charge in [-0.2, -0.15) is 0 Å². The third kappa shape index (κ3) is 5.05. The molecular weight excluding hydrogens is 236 g/mol. The van der Waals surface area contributed by atoms with Crippen molar-refractivity contribution in [3.05, 3.63) is 23.8 Å². The van der Waals surface area contributed by atoms with Gasteiger partial charge in [0.1, 0.15) is 11.5 Å². The standard InChI is InChI=1S/C13H18O5/c14-5-3-1-2-4-6-18-13(17)10-7-11(15)9-12(16)8-10/h7-9,14-16H,1-6H2/i/hD. The van der Waals surface area contributed by atoms with Crippen LogP contribution in [0.2, 0.25) is 0 Å². The minimum Gasteiger partial charge on any atom is -0.508 e. The zero-order valence-electron chi connectivity index (χ0n) is 11.1. The maximum Gasteiger partial charge on any atom is 0.338 e. The number of phenols is 2. The Morgan fingerprint density at radius 3 is 2.61 bits per heavy atom. The number of carbonyl (C=O) groups is 1. The number of ether oxygens (including phenoxy) is 1. The molecule has 0 aromatic heterocycles. The number of aliphatic hydroxyl groups is 1. The average Bonchev–Trinajstić information content (AvgIpc) is 2.41. The summed E-state index contributed by atoms with van der Waals surface area (Å²) in [7, 11) is 0. The second-order valence-corrected chi connectivity index (χ2v) is 3.99. The number of aliphatic hydroxyl groups excluding tert-OH is 1. The highest BCUT2D eigenvalue weighted by atomic mass is 16.5. The van der Waals surface area contributed by atoms with Crippen molar-refractivity contribution in [2.75, 3.05) is 13.2 Å².